The molecule has 0 aliphatic carbocycles. The summed E-state index contributed by atoms with van der Waals surface area (Å²) in [5, 5.41) is 31.8. The molecule has 2 aliphatic heterocycles. The number of aliphatic hydroxyl groups is 3. The first kappa shape index (κ1) is 21.8. The minimum Gasteiger partial charge on any atom is -0.384 e. The lowest BCUT2D eigenvalue weighted by molar-refractivity contribution is 0.0252. The van der Waals surface area contributed by atoms with Gasteiger partial charge >= 0.3 is 0 Å². The number of nitrogens with one attached hydrogen (secondary N) is 1. The molecule has 3 atom stereocenters. The fraction of sp³-hybridized carbons (Fsp3) is 0.111. The Hall–Kier alpha value is -3.69. The first-order valence-corrected chi connectivity index (χ1v) is 11.8. The van der Waals surface area contributed by atoms with Crippen molar-refractivity contribution in [2.45, 2.75) is 18.3 Å². The van der Waals surface area contributed by atoms with Crippen molar-refractivity contribution in [2.24, 2.45) is 0 Å². The summed E-state index contributed by atoms with van der Waals surface area (Å²) >= 11 is 1.49. The molecule has 1 aromatic carbocycles. The van der Waals surface area contributed by atoms with Crippen LogP contribution in [0.15, 0.2) is 73.3 Å². The predicted octanol–water partition coefficient (Wildman–Crippen LogP) is 5.37. The van der Waals surface area contributed by atoms with Crippen molar-refractivity contribution in [1.29, 1.82) is 0 Å². The molecule has 0 saturated heterocycles. The van der Waals surface area contributed by atoms with Crippen LogP contribution < -0.4 is 0 Å². The van der Waals surface area contributed by atoms with E-state index in [0.717, 1.165) is 31.6 Å². The van der Waals surface area contributed by atoms with Crippen LogP contribution in [0.1, 0.15) is 41.1 Å². The molecule has 8 heteroatoms. The van der Waals surface area contributed by atoms with Crippen molar-refractivity contribution in [1.82, 2.24) is 15.0 Å². The number of fused-ring (bicyclic) bond motifs is 8. The Balaban J connectivity index is 1.72. The van der Waals surface area contributed by atoms with Crippen molar-refractivity contribution in [3.05, 3.63) is 102 Å². The van der Waals surface area contributed by atoms with Crippen LogP contribution in [0.5, 0.6) is 0 Å². The molecule has 35 heavy (non-hydrogen) atoms. The number of halogens is 1. The highest BCUT2D eigenvalue weighted by atomic mass is 32.1. The van der Waals surface area contributed by atoms with Crippen molar-refractivity contribution in [2.75, 3.05) is 0 Å². The fourth-order valence-electron chi connectivity index (χ4n) is 4.37. The maximum atomic E-state index is 13.7. The molecule has 2 aliphatic rings. The molecular weight excluding hydrogens is 465 g/mol. The molecule has 8 bridgehead atoms. The Morgan fingerprint density at radius 1 is 0.829 bits per heavy atom. The highest BCUT2D eigenvalue weighted by molar-refractivity contribution is 7.24. The lowest BCUT2D eigenvalue weighted by atomic mass is 10.1. The normalized spacial score (nSPS) is 19.8. The third-order valence-corrected chi connectivity index (χ3v) is 7.26. The second kappa shape index (κ2) is 8.21. The van der Waals surface area contributed by atoms with Gasteiger partial charge in [-0.05, 0) is 60.2 Å². The van der Waals surface area contributed by atoms with E-state index in [1.165, 1.54) is 29.5 Å². The topological polar surface area (TPSA) is 102 Å². The number of thiophene rings is 1. The Labute approximate surface area is 203 Å². The number of aliphatic hydroxyl groups excluding tert-OH is 3. The van der Waals surface area contributed by atoms with Gasteiger partial charge in [0.15, 0.2) is 0 Å². The second-order valence-corrected chi connectivity index (χ2v) is 9.66. The van der Waals surface area contributed by atoms with E-state index < -0.39 is 18.3 Å². The Bertz CT molecular complexity index is 1640. The number of hydrogen-bond donors (Lipinski definition) is 4. The van der Waals surface area contributed by atoms with Gasteiger partial charge < -0.3 is 20.3 Å². The molecular formula is C27H20FN3O3S. The predicted molar refractivity (Wildman–Crippen MR) is 134 cm³/mol. The van der Waals surface area contributed by atoms with E-state index in [2.05, 4.69) is 21.5 Å². The zero-order valence-electron chi connectivity index (χ0n) is 18.3. The molecule has 0 saturated carbocycles. The monoisotopic (exact) mass is 485 g/mol. The number of aromatic nitrogens is 3. The van der Waals surface area contributed by atoms with Gasteiger partial charge in [-0.15, -0.1) is 11.3 Å². The Kier molecular flexibility index (Phi) is 5.12. The lowest BCUT2D eigenvalue weighted by Gasteiger charge is -2.07. The third kappa shape index (κ3) is 3.77. The van der Waals surface area contributed by atoms with E-state index in [0.29, 0.717) is 22.7 Å². The van der Waals surface area contributed by atoms with Gasteiger partial charge in [-0.3, -0.25) is 4.98 Å². The molecule has 3 unspecified atom stereocenters. The van der Waals surface area contributed by atoms with E-state index in [1.807, 2.05) is 24.3 Å². The minimum absolute atomic E-state index is 0.222. The van der Waals surface area contributed by atoms with Crippen LogP contribution in [0.4, 0.5) is 4.39 Å². The van der Waals surface area contributed by atoms with Crippen LogP contribution in [-0.4, -0.2) is 30.3 Å². The maximum absolute atomic E-state index is 13.7. The number of hydrogen-bond acceptors (Lipinski definition) is 6. The average molecular weight is 486 g/mol. The molecule has 0 radical (unpaired) electrons. The molecule has 6 nitrogen and oxygen atoms in total. The summed E-state index contributed by atoms with van der Waals surface area (Å²) in [6.45, 7) is 3.97. The Morgan fingerprint density at radius 3 is 2.34 bits per heavy atom. The van der Waals surface area contributed by atoms with Gasteiger partial charge in [-0.2, -0.15) is 0 Å². The minimum atomic E-state index is -1.24. The summed E-state index contributed by atoms with van der Waals surface area (Å²) in [7, 11) is 0. The summed E-state index contributed by atoms with van der Waals surface area (Å²) in [5.74, 6) is -0.317. The largest absolute Gasteiger partial charge is 0.384 e. The van der Waals surface area contributed by atoms with Gasteiger partial charge in [0.1, 0.15) is 24.1 Å². The number of nitrogens with zero attached hydrogens (tertiary/aromatic N) is 2. The Morgan fingerprint density at radius 2 is 1.57 bits per heavy atom. The molecule has 174 valence electrons. The fourth-order valence-corrected chi connectivity index (χ4v) is 5.40. The van der Waals surface area contributed by atoms with E-state index in [-0.39, 0.29) is 11.5 Å². The van der Waals surface area contributed by atoms with Gasteiger partial charge in [0, 0.05) is 31.6 Å². The van der Waals surface area contributed by atoms with Crippen LogP contribution >= 0.6 is 11.3 Å². The molecule has 5 heterocycles. The zero-order valence-corrected chi connectivity index (χ0v) is 19.1. The summed E-state index contributed by atoms with van der Waals surface area (Å²) in [6, 6.07) is 19.1. The van der Waals surface area contributed by atoms with Gasteiger partial charge in [-0.1, -0.05) is 18.7 Å². The van der Waals surface area contributed by atoms with Gasteiger partial charge in [0.05, 0.1) is 22.8 Å². The van der Waals surface area contributed by atoms with E-state index >= 15 is 0 Å². The number of H-pyrrole nitrogens is 1. The average Bonchev–Trinajstić information content (AvgIpc) is 3.60. The van der Waals surface area contributed by atoms with E-state index in [1.54, 1.807) is 24.3 Å². The summed E-state index contributed by atoms with van der Waals surface area (Å²) in [5.41, 5.74) is 5.06. The number of aromatic amines is 1. The van der Waals surface area contributed by atoms with Crippen LogP contribution in [0.25, 0.3) is 37.1 Å². The lowest BCUT2D eigenvalue weighted by Crippen LogP contribution is -2.03. The molecule has 0 fully saturated rings. The quantitative estimate of drug-likeness (QED) is 0.290. The van der Waals surface area contributed by atoms with Crippen molar-refractivity contribution >= 4 is 37.3 Å². The molecule has 4 aromatic rings. The van der Waals surface area contributed by atoms with Gasteiger partial charge in [0.25, 0.3) is 0 Å². The van der Waals surface area contributed by atoms with Gasteiger partial charge in [0.2, 0.25) is 0 Å². The standard InChI is InChI=1S/C27H20FN3O3S/c1-13-19-10-16-6-8-18(29-16)24(14-2-4-15(28)5-3-14)23-9-7-17(35-23)11-20-26(33)27(34)22(31-20)12-21(30-19)25(13)32/h2-12,25-27,29,32-34H,1H2. The molecule has 0 spiro atoms. The first-order chi connectivity index (χ1) is 16.9. The van der Waals surface area contributed by atoms with Crippen LogP contribution in [0.2, 0.25) is 0 Å². The van der Waals surface area contributed by atoms with E-state index in [4.69, 9.17) is 0 Å². The number of rotatable bonds is 1. The summed E-state index contributed by atoms with van der Waals surface area (Å²) < 4.78 is 15.4. The zero-order chi connectivity index (χ0) is 24.3. The van der Waals surface area contributed by atoms with Crippen LogP contribution in [0, 0.1) is 5.82 Å². The molecule has 4 N–H and O–H groups in total. The summed E-state index contributed by atoms with van der Waals surface area (Å²) in [4.78, 5) is 12.3. The maximum Gasteiger partial charge on any atom is 0.127 e. The third-order valence-electron chi connectivity index (χ3n) is 6.21. The molecule has 3 aromatic heterocycles. The van der Waals surface area contributed by atoms with E-state index in [9.17, 15) is 19.7 Å². The van der Waals surface area contributed by atoms with Gasteiger partial charge in [-0.25, -0.2) is 9.37 Å². The smallest absolute Gasteiger partial charge is 0.127 e. The SMILES string of the molecule is C=C1c2cc3ccc([nH]3)c(-c3ccc(F)cc3)c3ccc(cc4nc(cc(n2)C1O)C(O)C4O)s3. The second-order valence-electron chi connectivity index (χ2n) is 8.55. The molecule has 0 amide bonds. The van der Waals surface area contributed by atoms with Crippen LogP contribution in [-0.2, 0) is 0 Å². The van der Waals surface area contributed by atoms with Crippen molar-refractivity contribution in [3.8, 4) is 11.1 Å². The summed E-state index contributed by atoms with van der Waals surface area (Å²) in [6.07, 6.45) is -3.49. The first-order valence-electron chi connectivity index (χ1n) is 11.0. The highest BCUT2D eigenvalue weighted by Gasteiger charge is 2.30. The van der Waals surface area contributed by atoms with Crippen molar-refractivity contribution in [3.63, 3.8) is 0 Å². The molecule has 6 rings (SSSR count). The number of benzene rings is 1. The van der Waals surface area contributed by atoms with Crippen LogP contribution in [0.3, 0.4) is 0 Å². The highest BCUT2D eigenvalue weighted by Crippen LogP contribution is 2.38. The van der Waals surface area contributed by atoms with Crippen molar-refractivity contribution < 1.29 is 19.7 Å².